The summed E-state index contributed by atoms with van der Waals surface area (Å²) in [6.07, 6.45) is 4.99. The van der Waals surface area contributed by atoms with Crippen LogP contribution in [0.5, 0.6) is 0 Å². The number of aliphatic carboxylic acids is 1. The number of H-pyrrole nitrogens is 1. The highest BCUT2D eigenvalue weighted by atomic mass is 16.4. The SMILES string of the molecule is CC(C)CC(N)C(=O)NC(Cc1cnc[nH]1)C(=O)NC(CCCCN)C(=O)NCC(=O)O. The Morgan fingerprint density at radius 2 is 1.78 bits per heavy atom. The summed E-state index contributed by atoms with van der Waals surface area (Å²) >= 11 is 0. The zero-order valence-corrected chi connectivity index (χ0v) is 18.6. The number of amides is 3. The van der Waals surface area contributed by atoms with Crippen LogP contribution in [0.2, 0.25) is 0 Å². The molecule has 0 aliphatic heterocycles. The number of carbonyl (C=O) groups excluding carboxylic acids is 3. The van der Waals surface area contributed by atoms with E-state index >= 15 is 0 Å². The van der Waals surface area contributed by atoms with Crippen molar-refractivity contribution in [3.8, 4) is 0 Å². The van der Waals surface area contributed by atoms with Crippen molar-refractivity contribution in [2.24, 2.45) is 17.4 Å². The van der Waals surface area contributed by atoms with Gasteiger partial charge in [0, 0.05) is 18.3 Å². The fourth-order valence-corrected chi connectivity index (χ4v) is 3.04. The third kappa shape index (κ3) is 10.4. The third-order valence-electron chi connectivity index (χ3n) is 4.67. The lowest BCUT2D eigenvalue weighted by molar-refractivity contribution is -0.138. The van der Waals surface area contributed by atoms with Gasteiger partial charge in [0.2, 0.25) is 17.7 Å². The Labute approximate surface area is 187 Å². The molecule has 3 unspecified atom stereocenters. The minimum atomic E-state index is -1.20. The zero-order valence-electron chi connectivity index (χ0n) is 18.6. The van der Waals surface area contributed by atoms with Gasteiger partial charge in [-0.25, -0.2) is 4.98 Å². The van der Waals surface area contributed by atoms with E-state index in [0.717, 1.165) is 0 Å². The summed E-state index contributed by atoms with van der Waals surface area (Å²) in [4.78, 5) is 55.5. The highest BCUT2D eigenvalue weighted by molar-refractivity contribution is 5.93. The van der Waals surface area contributed by atoms with Crippen LogP contribution >= 0.6 is 0 Å². The first-order valence-electron chi connectivity index (χ1n) is 10.7. The van der Waals surface area contributed by atoms with E-state index in [2.05, 4.69) is 25.9 Å². The van der Waals surface area contributed by atoms with E-state index in [1.807, 2.05) is 13.8 Å². The minimum absolute atomic E-state index is 0.109. The molecule has 12 nitrogen and oxygen atoms in total. The molecule has 9 N–H and O–H groups in total. The standard InChI is InChI=1S/C20H35N7O5/c1-12(2)7-14(22)18(30)27-16(8-13-9-23-11-25-13)20(32)26-15(5-3-4-6-21)19(31)24-10-17(28)29/h9,11-12,14-16H,3-8,10,21-22H2,1-2H3,(H,23,25)(H,24,31)(H,26,32)(H,27,30)(H,28,29). The predicted molar refractivity (Wildman–Crippen MR) is 117 cm³/mol. The molecule has 0 aliphatic carbocycles. The van der Waals surface area contributed by atoms with Crippen molar-refractivity contribution in [2.75, 3.05) is 13.1 Å². The van der Waals surface area contributed by atoms with Gasteiger partial charge in [0.1, 0.15) is 18.6 Å². The maximum atomic E-state index is 13.0. The number of hydrogen-bond donors (Lipinski definition) is 7. The van der Waals surface area contributed by atoms with E-state index < -0.39 is 48.4 Å². The van der Waals surface area contributed by atoms with E-state index in [9.17, 15) is 19.2 Å². The van der Waals surface area contributed by atoms with Crippen molar-refractivity contribution in [3.63, 3.8) is 0 Å². The van der Waals surface area contributed by atoms with Gasteiger partial charge >= 0.3 is 5.97 Å². The summed E-state index contributed by atoms with van der Waals surface area (Å²) < 4.78 is 0. The molecule has 12 heteroatoms. The Balaban J connectivity index is 2.93. The van der Waals surface area contributed by atoms with Crippen LogP contribution in [-0.4, -0.2) is 70.0 Å². The fraction of sp³-hybridized carbons (Fsp3) is 0.650. The van der Waals surface area contributed by atoms with Gasteiger partial charge in [0.05, 0.1) is 12.4 Å². The van der Waals surface area contributed by atoms with Gasteiger partial charge in [-0.3, -0.25) is 19.2 Å². The molecule has 0 radical (unpaired) electrons. The van der Waals surface area contributed by atoms with Crippen molar-refractivity contribution >= 4 is 23.7 Å². The second kappa shape index (κ2) is 14.1. The lowest BCUT2D eigenvalue weighted by atomic mass is 10.0. The van der Waals surface area contributed by atoms with Crippen LogP contribution in [0.4, 0.5) is 0 Å². The summed E-state index contributed by atoms with van der Waals surface area (Å²) in [5.41, 5.74) is 12.0. The van der Waals surface area contributed by atoms with Crippen LogP contribution in [0.1, 0.15) is 45.2 Å². The first-order chi connectivity index (χ1) is 15.1. The Bertz CT molecular complexity index is 739. The highest BCUT2D eigenvalue weighted by Crippen LogP contribution is 2.07. The van der Waals surface area contributed by atoms with Crippen LogP contribution in [0.3, 0.4) is 0 Å². The Kier molecular flexibility index (Phi) is 12.0. The summed E-state index contributed by atoms with van der Waals surface area (Å²) in [7, 11) is 0. The molecule has 180 valence electrons. The molecule has 1 aromatic heterocycles. The highest BCUT2D eigenvalue weighted by Gasteiger charge is 2.28. The van der Waals surface area contributed by atoms with Crippen molar-refractivity contribution < 1.29 is 24.3 Å². The lowest BCUT2D eigenvalue weighted by Crippen LogP contribution is -2.56. The second-order valence-corrected chi connectivity index (χ2v) is 8.04. The Morgan fingerprint density at radius 1 is 1.09 bits per heavy atom. The molecule has 0 spiro atoms. The molecular formula is C20H35N7O5. The van der Waals surface area contributed by atoms with Crippen molar-refractivity contribution in [1.29, 1.82) is 0 Å². The molecule has 3 amide bonds. The largest absolute Gasteiger partial charge is 0.480 e. The fourth-order valence-electron chi connectivity index (χ4n) is 3.04. The molecule has 32 heavy (non-hydrogen) atoms. The number of carboxylic acids is 1. The monoisotopic (exact) mass is 453 g/mol. The van der Waals surface area contributed by atoms with Crippen LogP contribution in [0.15, 0.2) is 12.5 Å². The van der Waals surface area contributed by atoms with Gasteiger partial charge in [-0.1, -0.05) is 13.8 Å². The molecule has 1 heterocycles. The first kappa shape index (κ1) is 27.0. The molecule has 0 saturated heterocycles. The summed E-state index contributed by atoms with van der Waals surface area (Å²) in [6, 6.07) is -2.77. The number of hydrogen-bond acceptors (Lipinski definition) is 7. The second-order valence-electron chi connectivity index (χ2n) is 8.04. The Hall–Kier alpha value is -2.99. The molecular weight excluding hydrogens is 418 g/mol. The number of aromatic nitrogens is 2. The van der Waals surface area contributed by atoms with Crippen LogP contribution in [-0.2, 0) is 25.6 Å². The van der Waals surface area contributed by atoms with Crippen LogP contribution < -0.4 is 27.4 Å². The first-order valence-corrected chi connectivity index (χ1v) is 10.7. The number of aromatic amines is 1. The van der Waals surface area contributed by atoms with E-state index in [-0.39, 0.29) is 18.8 Å². The Morgan fingerprint density at radius 3 is 2.34 bits per heavy atom. The topological polar surface area (TPSA) is 205 Å². The van der Waals surface area contributed by atoms with Gasteiger partial charge in [0.15, 0.2) is 0 Å². The van der Waals surface area contributed by atoms with Crippen molar-refractivity contribution in [3.05, 3.63) is 18.2 Å². The summed E-state index contributed by atoms with van der Waals surface area (Å²) in [6.45, 7) is 3.72. The quantitative estimate of drug-likeness (QED) is 0.157. The molecule has 1 rings (SSSR count). The number of nitrogens with one attached hydrogen (secondary N) is 4. The van der Waals surface area contributed by atoms with Gasteiger partial charge in [-0.15, -0.1) is 0 Å². The molecule has 0 aromatic carbocycles. The van der Waals surface area contributed by atoms with Gasteiger partial charge in [-0.2, -0.15) is 0 Å². The summed E-state index contributed by atoms with van der Waals surface area (Å²) in [5.74, 6) is -2.70. The van der Waals surface area contributed by atoms with E-state index in [4.69, 9.17) is 16.6 Å². The zero-order chi connectivity index (χ0) is 24.1. The third-order valence-corrected chi connectivity index (χ3v) is 4.67. The van der Waals surface area contributed by atoms with Gasteiger partial charge in [-0.05, 0) is 38.1 Å². The summed E-state index contributed by atoms with van der Waals surface area (Å²) in [5, 5.41) is 16.3. The van der Waals surface area contributed by atoms with Crippen molar-refractivity contribution in [2.45, 2.75) is 64.1 Å². The minimum Gasteiger partial charge on any atom is -0.480 e. The van der Waals surface area contributed by atoms with Gasteiger partial charge in [0.25, 0.3) is 0 Å². The smallest absolute Gasteiger partial charge is 0.322 e. The number of carboxylic acid groups (broad SMARTS) is 1. The molecule has 1 aromatic rings. The molecule has 0 fully saturated rings. The average Bonchev–Trinajstić information content (AvgIpc) is 3.23. The van der Waals surface area contributed by atoms with Crippen LogP contribution in [0, 0.1) is 5.92 Å². The molecule has 0 aliphatic rings. The van der Waals surface area contributed by atoms with Crippen LogP contribution in [0.25, 0.3) is 0 Å². The molecule has 0 saturated carbocycles. The molecule has 0 bridgehead atoms. The van der Waals surface area contributed by atoms with Crippen molar-refractivity contribution in [1.82, 2.24) is 25.9 Å². The maximum Gasteiger partial charge on any atom is 0.322 e. The normalized spacial score (nSPS) is 13.8. The number of carbonyl (C=O) groups is 4. The number of rotatable bonds is 15. The number of nitrogens with zero attached hydrogens (tertiary/aromatic N) is 1. The average molecular weight is 454 g/mol. The molecule has 3 atom stereocenters. The lowest BCUT2D eigenvalue weighted by Gasteiger charge is -2.24. The van der Waals surface area contributed by atoms with Gasteiger partial charge < -0.3 is 37.5 Å². The maximum absolute atomic E-state index is 13.0. The number of unbranched alkanes of at least 4 members (excludes halogenated alkanes) is 1. The number of imidazole rings is 1. The van der Waals surface area contributed by atoms with E-state index in [0.29, 0.717) is 31.5 Å². The van der Waals surface area contributed by atoms with E-state index in [1.165, 1.54) is 12.5 Å². The number of nitrogens with two attached hydrogens (primary N) is 2. The van der Waals surface area contributed by atoms with E-state index in [1.54, 1.807) is 0 Å². The predicted octanol–water partition coefficient (Wildman–Crippen LogP) is -1.37.